The summed E-state index contributed by atoms with van der Waals surface area (Å²) in [6, 6.07) is 13.1. The molecule has 4 heteroatoms. The molecule has 0 aliphatic carbocycles. The third-order valence-corrected chi connectivity index (χ3v) is 3.70. The molecule has 2 aromatic carbocycles. The minimum absolute atomic E-state index is 0.188. The number of carbonyl (C=O) groups excluding carboxylic acids is 1. The van der Waals surface area contributed by atoms with E-state index in [9.17, 15) is 4.79 Å². The van der Waals surface area contributed by atoms with Crippen molar-refractivity contribution in [3.05, 3.63) is 58.1 Å². The van der Waals surface area contributed by atoms with Crippen molar-refractivity contribution in [2.45, 2.75) is 13.3 Å². The van der Waals surface area contributed by atoms with Crippen LogP contribution in [0.25, 0.3) is 0 Å². The van der Waals surface area contributed by atoms with E-state index in [1.54, 1.807) is 19.2 Å². The molecule has 3 nitrogen and oxygen atoms in total. The number of hydrogen-bond acceptors (Lipinski definition) is 2. The normalized spacial score (nSPS) is 10.2. The summed E-state index contributed by atoms with van der Waals surface area (Å²) in [7, 11) is 1.55. The van der Waals surface area contributed by atoms with Crippen LogP contribution in [0, 0.1) is 0 Å². The molecule has 1 amide bonds. The number of anilines is 1. The van der Waals surface area contributed by atoms with Gasteiger partial charge in [0, 0.05) is 4.47 Å². The molecule has 0 aromatic heterocycles. The lowest BCUT2D eigenvalue weighted by Gasteiger charge is -2.11. The maximum absolute atomic E-state index is 12.3. The van der Waals surface area contributed by atoms with Gasteiger partial charge >= 0.3 is 0 Å². The third kappa shape index (κ3) is 3.20. The third-order valence-electron chi connectivity index (χ3n) is 3.04. The Labute approximate surface area is 127 Å². The second-order valence-electron chi connectivity index (χ2n) is 4.32. The van der Waals surface area contributed by atoms with Gasteiger partial charge in [-0.05, 0) is 52.2 Å². The molecule has 0 aliphatic heterocycles. The van der Waals surface area contributed by atoms with Gasteiger partial charge in [0.1, 0.15) is 5.75 Å². The highest BCUT2D eigenvalue weighted by atomic mass is 79.9. The molecule has 0 bridgehead atoms. The Balaban J connectivity index is 2.23. The molecule has 0 aliphatic rings. The molecule has 0 saturated carbocycles. The molecule has 0 fully saturated rings. The highest BCUT2D eigenvalue weighted by Gasteiger charge is 2.12. The molecule has 1 N–H and O–H groups in total. The van der Waals surface area contributed by atoms with E-state index in [4.69, 9.17) is 4.74 Å². The molecule has 2 rings (SSSR count). The topological polar surface area (TPSA) is 38.3 Å². The second kappa shape index (κ2) is 6.57. The molecule has 20 heavy (non-hydrogen) atoms. The van der Waals surface area contributed by atoms with Gasteiger partial charge in [-0.2, -0.15) is 0 Å². The fraction of sp³-hybridized carbons (Fsp3) is 0.188. The number of methoxy groups -OCH3 is 1. The standard InChI is InChI=1S/C16H16BrNO2/c1-3-11-8-9-14(13(17)10-11)18-16(19)12-6-4-5-7-15(12)20-2/h4-10H,3H2,1-2H3,(H,18,19). The SMILES string of the molecule is CCc1ccc(NC(=O)c2ccccc2OC)c(Br)c1. The Kier molecular flexibility index (Phi) is 4.79. The number of para-hydroxylation sites is 1. The fourth-order valence-corrected chi connectivity index (χ4v) is 2.43. The quantitative estimate of drug-likeness (QED) is 0.907. The number of benzene rings is 2. The molecule has 0 radical (unpaired) electrons. The maximum Gasteiger partial charge on any atom is 0.259 e. The minimum Gasteiger partial charge on any atom is -0.496 e. The van der Waals surface area contributed by atoms with Crippen LogP contribution < -0.4 is 10.1 Å². The van der Waals surface area contributed by atoms with E-state index in [0.29, 0.717) is 11.3 Å². The lowest BCUT2D eigenvalue weighted by Crippen LogP contribution is -2.13. The first-order valence-corrected chi connectivity index (χ1v) is 7.17. The Morgan fingerprint density at radius 1 is 1.25 bits per heavy atom. The van der Waals surface area contributed by atoms with Crippen molar-refractivity contribution < 1.29 is 9.53 Å². The number of carbonyl (C=O) groups is 1. The molecular formula is C16H16BrNO2. The first-order chi connectivity index (χ1) is 9.65. The summed E-state index contributed by atoms with van der Waals surface area (Å²) in [6.07, 6.45) is 0.958. The van der Waals surface area contributed by atoms with Crippen LogP contribution in [0.2, 0.25) is 0 Å². The van der Waals surface area contributed by atoms with Crippen LogP contribution in [0.4, 0.5) is 5.69 Å². The Hall–Kier alpha value is -1.81. The smallest absolute Gasteiger partial charge is 0.259 e. The summed E-state index contributed by atoms with van der Waals surface area (Å²) < 4.78 is 6.07. The zero-order valence-corrected chi connectivity index (χ0v) is 13.0. The molecule has 2 aromatic rings. The van der Waals surface area contributed by atoms with Crippen molar-refractivity contribution in [2.75, 3.05) is 12.4 Å². The number of nitrogens with one attached hydrogen (secondary N) is 1. The number of rotatable bonds is 4. The van der Waals surface area contributed by atoms with Crippen molar-refractivity contribution in [3.63, 3.8) is 0 Å². The molecular weight excluding hydrogens is 318 g/mol. The lowest BCUT2D eigenvalue weighted by atomic mass is 10.1. The van der Waals surface area contributed by atoms with Crippen LogP contribution in [0.3, 0.4) is 0 Å². The predicted molar refractivity (Wildman–Crippen MR) is 84.5 cm³/mol. The van der Waals surface area contributed by atoms with E-state index < -0.39 is 0 Å². The second-order valence-corrected chi connectivity index (χ2v) is 5.18. The van der Waals surface area contributed by atoms with Gasteiger partial charge in [-0.25, -0.2) is 0 Å². The van der Waals surface area contributed by atoms with Crippen LogP contribution >= 0.6 is 15.9 Å². The monoisotopic (exact) mass is 333 g/mol. The predicted octanol–water partition coefficient (Wildman–Crippen LogP) is 4.27. The Morgan fingerprint density at radius 2 is 2.00 bits per heavy atom. The summed E-state index contributed by atoms with van der Waals surface area (Å²) in [4.78, 5) is 12.3. The lowest BCUT2D eigenvalue weighted by molar-refractivity contribution is 0.102. The summed E-state index contributed by atoms with van der Waals surface area (Å²) in [5.41, 5.74) is 2.48. The zero-order valence-electron chi connectivity index (χ0n) is 11.4. The number of ether oxygens (including phenoxy) is 1. The molecule has 104 valence electrons. The van der Waals surface area contributed by atoms with Crippen molar-refractivity contribution in [1.82, 2.24) is 0 Å². The summed E-state index contributed by atoms with van der Waals surface area (Å²) in [5, 5.41) is 2.89. The van der Waals surface area contributed by atoms with Crippen molar-refractivity contribution in [1.29, 1.82) is 0 Å². The summed E-state index contributed by atoms with van der Waals surface area (Å²) in [6.45, 7) is 2.09. The van der Waals surface area contributed by atoms with Crippen LogP contribution in [0.5, 0.6) is 5.75 Å². The molecule has 0 atom stereocenters. The molecule has 0 saturated heterocycles. The molecule has 0 heterocycles. The van der Waals surface area contributed by atoms with E-state index in [-0.39, 0.29) is 5.91 Å². The highest BCUT2D eigenvalue weighted by Crippen LogP contribution is 2.26. The molecule has 0 unspecified atom stereocenters. The Bertz CT molecular complexity index is 626. The number of hydrogen-bond donors (Lipinski definition) is 1. The van der Waals surface area contributed by atoms with Crippen LogP contribution in [0.1, 0.15) is 22.8 Å². The number of halogens is 1. The number of amides is 1. The average Bonchev–Trinajstić information content (AvgIpc) is 2.49. The van der Waals surface area contributed by atoms with Gasteiger partial charge in [-0.3, -0.25) is 4.79 Å². The van der Waals surface area contributed by atoms with Gasteiger partial charge in [-0.15, -0.1) is 0 Å². The van der Waals surface area contributed by atoms with E-state index in [2.05, 4.69) is 28.2 Å². The van der Waals surface area contributed by atoms with Crippen molar-refractivity contribution in [3.8, 4) is 5.75 Å². The van der Waals surface area contributed by atoms with Gasteiger partial charge in [0.2, 0.25) is 0 Å². The fourth-order valence-electron chi connectivity index (χ4n) is 1.90. The summed E-state index contributed by atoms with van der Waals surface area (Å²) in [5.74, 6) is 0.374. The first kappa shape index (κ1) is 14.6. The van der Waals surface area contributed by atoms with Gasteiger partial charge in [0.05, 0.1) is 18.4 Å². The molecule has 0 spiro atoms. The maximum atomic E-state index is 12.3. The van der Waals surface area contributed by atoms with Gasteiger partial charge in [-0.1, -0.05) is 25.1 Å². The minimum atomic E-state index is -0.188. The van der Waals surface area contributed by atoms with Gasteiger partial charge in [0.25, 0.3) is 5.91 Å². The highest BCUT2D eigenvalue weighted by molar-refractivity contribution is 9.10. The van der Waals surface area contributed by atoms with Gasteiger partial charge in [0.15, 0.2) is 0 Å². The van der Waals surface area contributed by atoms with E-state index >= 15 is 0 Å². The average molecular weight is 334 g/mol. The van der Waals surface area contributed by atoms with Crippen LogP contribution in [-0.2, 0) is 6.42 Å². The van der Waals surface area contributed by atoms with E-state index in [1.165, 1.54) is 5.56 Å². The van der Waals surface area contributed by atoms with Crippen molar-refractivity contribution >= 4 is 27.5 Å². The van der Waals surface area contributed by atoms with Crippen LogP contribution in [-0.4, -0.2) is 13.0 Å². The summed E-state index contributed by atoms with van der Waals surface area (Å²) >= 11 is 3.48. The number of aryl methyl sites for hydroxylation is 1. The first-order valence-electron chi connectivity index (χ1n) is 6.38. The van der Waals surface area contributed by atoms with Gasteiger partial charge < -0.3 is 10.1 Å². The zero-order chi connectivity index (χ0) is 14.5. The largest absolute Gasteiger partial charge is 0.496 e. The van der Waals surface area contributed by atoms with Crippen molar-refractivity contribution in [2.24, 2.45) is 0 Å². The Morgan fingerprint density at radius 3 is 2.65 bits per heavy atom. The van der Waals surface area contributed by atoms with E-state index in [0.717, 1.165) is 16.6 Å². The van der Waals surface area contributed by atoms with E-state index in [1.807, 2.05) is 30.3 Å². The van der Waals surface area contributed by atoms with Crippen LogP contribution in [0.15, 0.2) is 46.9 Å².